The maximum Gasteiger partial charge on any atom is 0.416 e. The number of alkyl halides is 3. The van der Waals surface area contributed by atoms with E-state index < -0.39 is 23.1 Å². The van der Waals surface area contributed by atoms with Gasteiger partial charge in [-0.15, -0.1) is 0 Å². The number of fused-ring (bicyclic) bond motifs is 1. The van der Waals surface area contributed by atoms with Gasteiger partial charge in [-0.1, -0.05) is 24.3 Å². The fraction of sp³-hybridized carbons (Fsp3) is 0.333. The molecule has 0 radical (unpaired) electrons. The van der Waals surface area contributed by atoms with E-state index >= 15 is 0 Å². The molecule has 1 aliphatic carbocycles. The highest BCUT2D eigenvalue weighted by Gasteiger charge is 2.53. The van der Waals surface area contributed by atoms with Gasteiger partial charge in [0.15, 0.2) is 0 Å². The summed E-state index contributed by atoms with van der Waals surface area (Å²) in [5, 5.41) is 8.77. The molecule has 9 heteroatoms. The van der Waals surface area contributed by atoms with Crippen LogP contribution in [0, 0.1) is 0 Å². The van der Waals surface area contributed by atoms with E-state index in [9.17, 15) is 22.8 Å². The molecule has 1 aliphatic heterocycles. The van der Waals surface area contributed by atoms with E-state index in [0.717, 1.165) is 12.1 Å². The largest absolute Gasteiger partial charge is 0.491 e. The van der Waals surface area contributed by atoms with Crippen molar-refractivity contribution >= 4 is 11.8 Å². The van der Waals surface area contributed by atoms with Crippen LogP contribution in [0.15, 0.2) is 42.5 Å². The van der Waals surface area contributed by atoms with Gasteiger partial charge in [-0.3, -0.25) is 14.8 Å². The second-order valence-corrected chi connectivity index (χ2v) is 7.50. The number of nitrogens with zero attached hydrogens (tertiary/aromatic N) is 1. The highest BCUT2D eigenvalue weighted by atomic mass is 19.4. The van der Waals surface area contributed by atoms with Crippen LogP contribution in [0.1, 0.15) is 39.9 Å². The smallest absolute Gasteiger partial charge is 0.416 e. The second-order valence-electron chi connectivity index (χ2n) is 7.50. The molecule has 2 aromatic rings. The zero-order chi connectivity index (χ0) is 21.5. The van der Waals surface area contributed by atoms with Crippen molar-refractivity contribution in [2.24, 2.45) is 0 Å². The van der Waals surface area contributed by atoms with Crippen molar-refractivity contribution in [3.63, 3.8) is 0 Å². The van der Waals surface area contributed by atoms with Gasteiger partial charge in [-0.2, -0.15) is 13.2 Å². The summed E-state index contributed by atoms with van der Waals surface area (Å²) in [4.78, 5) is 26.5. The number of hydrogen-bond donors (Lipinski definition) is 2. The molecule has 0 spiro atoms. The Balaban J connectivity index is 1.59. The first kappa shape index (κ1) is 20.2. The molecule has 1 fully saturated rings. The van der Waals surface area contributed by atoms with Crippen molar-refractivity contribution in [3.05, 3.63) is 64.7 Å². The number of halogens is 3. The van der Waals surface area contributed by atoms with Gasteiger partial charge in [-0.25, -0.2) is 5.48 Å². The molecule has 0 atom stereocenters. The van der Waals surface area contributed by atoms with E-state index in [4.69, 9.17) is 9.94 Å². The SMILES string of the molecule is O=C(NO)c1ccc2c(c1)OCCN(C(=O)C1(c3cccc(C(F)(F)F)c3)CC1)C2. The van der Waals surface area contributed by atoms with Crippen LogP contribution < -0.4 is 10.2 Å². The Bertz CT molecular complexity index is 1000. The molecule has 6 nitrogen and oxygen atoms in total. The minimum absolute atomic E-state index is 0.182. The molecular formula is C21H19F3N2O4. The van der Waals surface area contributed by atoms with Crippen LogP contribution in [0.4, 0.5) is 13.2 Å². The van der Waals surface area contributed by atoms with E-state index in [-0.39, 0.29) is 31.2 Å². The van der Waals surface area contributed by atoms with Crippen molar-refractivity contribution in [2.45, 2.75) is 31.0 Å². The summed E-state index contributed by atoms with van der Waals surface area (Å²) < 4.78 is 45.0. The van der Waals surface area contributed by atoms with Crippen LogP contribution in [0.25, 0.3) is 0 Å². The zero-order valence-corrected chi connectivity index (χ0v) is 15.8. The fourth-order valence-corrected chi connectivity index (χ4v) is 3.80. The molecule has 2 aromatic carbocycles. The van der Waals surface area contributed by atoms with Crippen molar-refractivity contribution in [3.8, 4) is 5.75 Å². The van der Waals surface area contributed by atoms with E-state index in [1.807, 2.05) is 0 Å². The van der Waals surface area contributed by atoms with Gasteiger partial charge in [0.25, 0.3) is 5.91 Å². The molecule has 158 valence electrons. The molecule has 0 saturated heterocycles. The number of benzene rings is 2. The van der Waals surface area contributed by atoms with Gasteiger partial charge in [0.1, 0.15) is 12.4 Å². The number of nitrogens with one attached hydrogen (secondary N) is 1. The van der Waals surface area contributed by atoms with Crippen molar-refractivity contribution < 1.29 is 32.7 Å². The normalized spacial score (nSPS) is 17.4. The summed E-state index contributed by atoms with van der Waals surface area (Å²) in [6.07, 6.45) is -3.48. The number of ether oxygens (including phenoxy) is 1. The Labute approximate surface area is 170 Å². The lowest BCUT2D eigenvalue weighted by atomic mass is 9.92. The van der Waals surface area contributed by atoms with E-state index in [2.05, 4.69) is 0 Å². The number of rotatable bonds is 3. The molecule has 0 aromatic heterocycles. The van der Waals surface area contributed by atoms with Gasteiger partial charge in [0.05, 0.1) is 17.5 Å². The molecule has 1 heterocycles. The molecule has 1 saturated carbocycles. The van der Waals surface area contributed by atoms with Gasteiger partial charge in [-0.05, 0) is 36.6 Å². The van der Waals surface area contributed by atoms with Crippen molar-refractivity contribution in [1.29, 1.82) is 0 Å². The summed E-state index contributed by atoms with van der Waals surface area (Å²) in [5.41, 5.74) is 1.11. The van der Waals surface area contributed by atoms with Crippen LogP contribution in [0.3, 0.4) is 0 Å². The predicted octanol–water partition coefficient (Wildman–Crippen LogP) is 3.28. The second kappa shape index (κ2) is 7.32. The number of hydroxylamine groups is 1. The van der Waals surface area contributed by atoms with Crippen LogP contribution >= 0.6 is 0 Å². The Morgan fingerprint density at radius 3 is 2.57 bits per heavy atom. The Hall–Kier alpha value is -3.07. The van der Waals surface area contributed by atoms with Crippen LogP contribution in [-0.4, -0.2) is 35.1 Å². The molecule has 0 unspecified atom stereocenters. The zero-order valence-electron chi connectivity index (χ0n) is 15.8. The van der Waals surface area contributed by atoms with Crippen LogP contribution in [0.5, 0.6) is 5.75 Å². The lowest BCUT2D eigenvalue weighted by Crippen LogP contribution is -2.40. The summed E-state index contributed by atoms with van der Waals surface area (Å²) in [5.74, 6) is -0.481. The Morgan fingerprint density at radius 1 is 1.13 bits per heavy atom. The number of hydrogen-bond acceptors (Lipinski definition) is 4. The molecule has 2 N–H and O–H groups in total. The molecular weight excluding hydrogens is 401 g/mol. The summed E-state index contributed by atoms with van der Waals surface area (Å²) in [6, 6.07) is 9.58. The topological polar surface area (TPSA) is 78.9 Å². The first-order valence-electron chi connectivity index (χ1n) is 9.42. The highest BCUT2D eigenvalue weighted by molar-refractivity contribution is 5.94. The average Bonchev–Trinajstić information content (AvgIpc) is 3.56. The van der Waals surface area contributed by atoms with Crippen LogP contribution in [-0.2, 0) is 22.9 Å². The van der Waals surface area contributed by atoms with Gasteiger partial charge < -0.3 is 9.64 Å². The highest BCUT2D eigenvalue weighted by Crippen LogP contribution is 2.50. The van der Waals surface area contributed by atoms with E-state index in [1.165, 1.54) is 18.2 Å². The Kier molecular flexibility index (Phi) is 4.93. The number of carbonyl (C=O) groups is 2. The first-order chi connectivity index (χ1) is 14.2. The van der Waals surface area contributed by atoms with Gasteiger partial charge >= 0.3 is 6.18 Å². The van der Waals surface area contributed by atoms with Crippen molar-refractivity contribution in [1.82, 2.24) is 10.4 Å². The number of amides is 2. The molecule has 2 amide bonds. The lowest BCUT2D eigenvalue weighted by Gasteiger charge is -2.26. The maximum atomic E-state index is 13.3. The Morgan fingerprint density at radius 2 is 1.90 bits per heavy atom. The van der Waals surface area contributed by atoms with Crippen LogP contribution in [0.2, 0.25) is 0 Å². The molecule has 4 rings (SSSR count). The van der Waals surface area contributed by atoms with Gasteiger partial charge in [0, 0.05) is 17.7 Å². The summed E-state index contributed by atoms with van der Waals surface area (Å²) >= 11 is 0. The van der Waals surface area contributed by atoms with E-state index in [0.29, 0.717) is 29.7 Å². The van der Waals surface area contributed by atoms with E-state index in [1.54, 1.807) is 22.5 Å². The number of carbonyl (C=O) groups excluding carboxylic acids is 2. The third-order valence-electron chi connectivity index (χ3n) is 5.60. The minimum Gasteiger partial charge on any atom is -0.491 e. The molecule has 30 heavy (non-hydrogen) atoms. The van der Waals surface area contributed by atoms with Gasteiger partial charge in [0.2, 0.25) is 5.91 Å². The standard InChI is InChI=1S/C21H19F3N2O4/c22-21(23,24)16-3-1-2-15(11-16)20(6-7-20)19(28)26-8-9-30-17-10-13(18(27)25-29)4-5-14(17)12-26/h1-5,10-11,29H,6-9,12H2,(H,25,27). The van der Waals surface area contributed by atoms with Crippen molar-refractivity contribution in [2.75, 3.05) is 13.2 Å². The molecule has 2 aliphatic rings. The summed E-state index contributed by atoms with van der Waals surface area (Å²) in [7, 11) is 0. The minimum atomic E-state index is -4.47. The molecule has 0 bridgehead atoms. The predicted molar refractivity (Wildman–Crippen MR) is 99.0 cm³/mol. The summed E-state index contributed by atoms with van der Waals surface area (Å²) in [6.45, 7) is 0.674. The fourth-order valence-electron chi connectivity index (χ4n) is 3.80. The first-order valence-corrected chi connectivity index (χ1v) is 9.42. The maximum absolute atomic E-state index is 13.3. The third-order valence-corrected chi connectivity index (χ3v) is 5.60. The lowest BCUT2D eigenvalue weighted by molar-refractivity contribution is -0.138. The average molecular weight is 420 g/mol. The monoisotopic (exact) mass is 420 g/mol. The quantitative estimate of drug-likeness (QED) is 0.590. The third kappa shape index (κ3) is 3.60.